The van der Waals surface area contributed by atoms with Crippen molar-refractivity contribution in [3.63, 3.8) is 0 Å². The Balaban J connectivity index is 1.84. The van der Waals surface area contributed by atoms with E-state index in [1.807, 2.05) is 30.3 Å². The summed E-state index contributed by atoms with van der Waals surface area (Å²) in [6.45, 7) is 0.462. The zero-order valence-corrected chi connectivity index (χ0v) is 11.1. The SMILES string of the molecule is NC(CCNC(=O)c1ccccc1O)c1ccccc1. The number of rotatable bonds is 5. The molecule has 2 aromatic rings. The summed E-state index contributed by atoms with van der Waals surface area (Å²) in [5, 5.41) is 12.3. The average molecular weight is 270 g/mol. The molecule has 1 amide bonds. The highest BCUT2D eigenvalue weighted by atomic mass is 16.3. The van der Waals surface area contributed by atoms with E-state index in [1.54, 1.807) is 18.2 Å². The molecule has 0 radical (unpaired) electrons. The Morgan fingerprint density at radius 1 is 1.10 bits per heavy atom. The van der Waals surface area contributed by atoms with Crippen LogP contribution in [0.25, 0.3) is 0 Å². The number of phenols is 1. The summed E-state index contributed by atoms with van der Waals surface area (Å²) in [7, 11) is 0. The summed E-state index contributed by atoms with van der Waals surface area (Å²) in [6.07, 6.45) is 0.642. The van der Waals surface area contributed by atoms with Gasteiger partial charge < -0.3 is 16.2 Å². The number of aromatic hydroxyl groups is 1. The van der Waals surface area contributed by atoms with Crippen LogP contribution >= 0.6 is 0 Å². The van der Waals surface area contributed by atoms with E-state index in [9.17, 15) is 9.90 Å². The number of benzene rings is 2. The van der Waals surface area contributed by atoms with Gasteiger partial charge in [0.2, 0.25) is 0 Å². The molecule has 4 N–H and O–H groups in total. The van der Waals surface area contributed by atoms with E-state index in [4.69, 9.17) is 5.73 Å². The standard InChI is InChI=1S/C16H18N2O2/c17-14(12-6-2-1-3-7-12)10-11-18-16(20)13-8-4-5-9-15(13)19/h1-9,14,19H,10-11,17H2,(H,18,20). The van der Waals surface area contributed by atoms with Gasteiger partial charge in [0.25, 0.3) is 5.91 Å². The predicted octanol–water partition coefficient (Wildman–Crippen LogP) is 2.21. The average Bonchev–Trinajstić information content (AvgIpc) is 2.48. The van der Waals surface area contributed by atoms with Crippen molar-refractivity contribution < 1.29 is 9.90 Å². The molecule has 0 fully saturated rings. The molecule has 0 aromatic heterocycles. The zero-order chi connectivity index (χ0) is 14.4. The van der Waals surface area contributed by atoms with Crippen LogP contribution in [0.2, 0.25) is 0 Å². The van der Waals surface area contributed by atoms with Crippen LogP contribution in [0.15, 0.2) is 54.6 Å². The second kappa shape index (κ2) is 6.73. The van der Waals surface area contributed by atoms with Crippen LogP contribution in [0.5, 0.6) is 5.75 Å². The van der Waals surface area contributed by atoms with Crippen molar-refractivity contribution in [3.05, 3.63) is 65.7 Å². The van der Waals surface area contributed by atoms with E-state index in [0.29, 0.717) is 13.0 Å². The number of hydrogen-bond acceptors (Lipinski definition) is 3. The quantitative estimate of drug-likeness (QED) is 0.779. The second-order valence-corrected chi connectivity index (χ2v) is 4.58. The highest BCUT2D eigenvalue weighted by molar-refractivity contribution is 5.96. The first-order chi connectivity index (χ1) is 9.68. The Hall–Kier alpha value is -2.33. The van der Waals surface area contributed by atoms with Crippen LogP contribution in [0.4, 0.5) is 0 Å². The number of hydrogen-bond donors (Lipinski definition) is 3. The fourth-order valence-electron chi connectivity index (χ4n) is 1.97. The summed E-state index contributed by atoms with van der Waals surface area (Å²) in [6, 6.07) is 16.1. The van der Waals surface area contributed by atoms with Gasteiger partial charge in [-0.3, -0.25) is 4.79 Å². The molecule has 2 rings (SSSR count). The molecule has 0 saturated heterocycles. The van der Waals surface area contributed by atoms with Crippen LogP contribution in [-0.4, -0.2) is 17.6 Å². The molecule has 0 heterocycles. The minimum absolute atomic E-state index is 0.0163. The number of amides is 1. The van der Waals surface area contributed by atoms with Crippen molar-refractivity contribution in [2.24, 2.45) is 5.73 Å². The summed E-state index contributed by atoms with van der Waals surface area (Å²) < 4.78 is 0. The fraction of sp³-hybridized carbons (Fsp3) is 0.188. The highest BCUT2D eigenvalue weighted by Gasteiger charge is 2.10. The molecule has 1 atom stereocenters. The fourth-order valence-corrected chi connectivity index (χ4v) is 1.97. The molecule has 0 spiro atoms. The Morgan fingerprint density at radius 2 is 1.75 bits per heavy atom. The molecule has 4 heteroatoms. The first kappa shape index (κ1) is 14.1. The van der Waals surface area contributed by atoms with Crippen LogP contribution < -0.4 is 11.1 Å². The minimum atomic E-state index is -0.289. The first-order valence-corrected chi connectivity index (χ1v) is 6.55. The smallest absolute Gasteiger partial charge is 0.255 e. The summed E-state index contributed by atoms with van der Waals surface area (Å²) in [4.78, 5) is 11.9. The largest absolute Gasteiger partial charge is 0.507 e. The van der Waals surface area contributed by atoms with Crippen molar-refractivity contribution >= 4 is 5.91 Å². The van der Waals surface area contributed by atoms with E-state index in [0.717, 1.165) is 5.56 Å². The third-order valence-corrected chi connectivity index (χ3v) is 3.12. The zero-order valence-electron chi connectivity index (χ0n) is 11.1. The van der Waals surface area contributed by atoms with Crippen LogP contribution in [0, 0.1) is 0 Å². The molecule has 4 nitrogen and oxygen atoms in total. The number of nitrogens with one attached hydrogen (secondary N) is 1. The molecule has 104 valence electrons. The molecule has 0 aliphatic rings. The normalized spacial score (nSPS) is 11.8. The van der Waals surface area contributed by atoms with Crippen molar-refractivity contribution in [1.82, 2.24) is 5.32 Å². The molecule has 20 heavy (non-hydrogen) atoms. The molecule has 0 aliphatic carbocycles. The molecular weight excluding hydrogens is 252 g/mol. The molecule has 1 unspecified atom stereocenters. The monoisotopic (exact) mass is 270 g/mol. The maximum atomic E-state index is 11.9. The topological polar surface area (TPSA) is 75.3 Å². The van der Waals surface area contributed by atoms with Crippen LogP contribution in [0.1, 0.15) is 28.4 Å². The maximum Gasteiger partial charge on any atom is 0.255 e. The van der Waals surface area contributed by atoms with E-state index in [1.165, 1.54) is 6.07 Å². The van der Waals surface area contributed by atoms with Gasteiger partial charge in [-0.25, -0.2) is 0 Å². The summed E-state index contributed by atoms with van der Waals surface area (Å²) in [5.41, 5.74) is 7.37. The number of carbonyl (C=O) groups excluding carboxylic acids is 1. The van der Waals surface area contributed by atoms with Crippen LogP contribution in [-0.2, 0) is 0 Å². The number of carbonyl (C=O) groups is 1. The van der Waals surface area contributed by atoms with Crippen molar-refractivity contribution in [1.29, 1.82) is 0 Å². The van der Waals surface area contributed by atoms with Gasteiger partial charge in [0.15, 0.2) is 0 Å². The third-order valence-electron chi connectivity index (χ3n) is 3.12. The van der Waals surface area contributed by atoms with Crippen LogP contribution in [0.3, 0.4) is 0 Å². The molecule has 2 aromatic carbocycles. The Bertz CT molecular complexity index is 570. The van der Waals surface area contributed by atoms with E-state index in [2.05, 4.69) is 5.32 Å². The Kier molecular flexibility index (Phi) is 4.74. The Labute approximate surface area is 118 Å². The van der Waals surface area contributed by atoms with Gasteiger partial charge in [-0.15, -0.1) is 0 Å². The molecular formula is C16H18N2O2. The minimum Gasteiger partial charge on any atom is -0.507 e. The van der Waals surface area contributed by atoms with E-state index in [-0.39, 0.29) is 23.3 Å². The van der Waals surface area contributed by atoms with E-state index >= 15 is 0 Å². The maximum absolute atomic E-state index is 11.9. The van der Waals surface area contributed by atoms with Crippen molar-refractivity contribution in [3.8, 4) is 5.75 Å². The lowest BCUT2D eigenvalue weighted by Crippen LogP contribution is -2.27. The predicted molar refractivity (Wildman–Crippen MR) is 78.4 cm³/mol. The van der Waals surface area contributed by atoms with Crippen molar-refractivity contribution in [2.45, 2.75) is 12.5 Å². The number of phenolic OH excluding ortho intramolecular Hbond substituents is 1. The lowest BCUT2D eigenvalue weighted by atomic mass is 10.0. The second-order valence-electron chi connectivity index (χ2n) is 4.58. The molecule has 0 bridgehead atoms. The van der Waals surface area contributed by atoms with Gasteiger partial charge in [-0.2, -0.15) is 0 Å². The van der Waals surface area contributed by atoms with Gasteiger partial charge in [0.05, 0.1) is 5.56 Å². The van der Waals surface area contributed by atoms with Gasteiger partial charge >= 0.3 is 0 Å². The lowest BCUT2D eigenvalue weighted by Gasteiger charge is -2.12. The van der Waals surface area contributed by atoms with E-state index < -0.39 is 0 Å². The summed E-state index contributed by atoms with van der Waals surface area (Å²) >= 11 is 0. The Morgan fingerprint density at radius 3 is 2.45 bits per heavy atom. The van der Waals surface area contributed by atoms with Gasteiger partial charge in [0, 0.05) is 12.6 Å². The molecule has 0 aliphatic heterocycles. The lowest BCUT2D eigenvalue weighted by molar-refractivity contribution is 0.0950. The first-order valence-electron chi connectivity index (χ1n) is 6.55. The number of nitrogens with two attached hydrogens (primary N) is 1. The summed E-state index contributed by atoms with van der Waals surface area (Å²) in [5.74, 6) is -0.305. The highest BCUT2D eigenvalue weighted by Crippen LogP contribution is 2.16. The van der Waals surface area contributed by atoms with Gasteiger partial charge in [-0.1, -0.05) is 42.5 Å². The van der Waals surface area contributed by atoms with Gasteiger partial charge in [-0.05, 0) is 24.1 Å². The molecule has 0 saturated carbocycles. The third kappa shape index (κ3) is 3.59. The van der Waals surface area contributed by atoms with Gasteiger partial charge in [0.1, 0.15) is 5.75 Å². The number of para-hydroxylation sites is 1. The van der Waals surface area contributed by atoms with Crippen molar-refractivity contribution in [2.75, 3.05) is 6.54 Å².